The number of hydroxylamine groups is 2. The van der Waals surface area contributed by atoms with Crippen LogP contribution in [-0.4, -0.2) is 17.5 Å². The summed E-state index contributed by atoms with van der Waals surface area (Å²) in [7, 11) is 0. The van der Waals surface area contributed by atoms with Crippen LogP contribution in [0, 0.1) is 5.21 Å². The second kappa shape index (κ2) is 5.60. The summed E-state index contributed by atoms with van der Waals surface area (Å²) in [6.07, 6.45) is 0.288. The van der Waals surface area contributed by atoms with Crippen molar-refractivity contribution in [1.29, 1.82) is 0 Å². The Morgan fingerprint density at radius 3 is 2.53 bits per heavy atom. The minimum atomic E-state index is -0.870. The van der Waals surface area contributed by atoms with E-state index in [1.807, 2.05) is 30.3 Å². The molecule has 4 nitrogen and oxygen atoms in total. The van der Waals surface area contributed by atoms with Crippen molar-refractivity contribution in [1.82, 2.24) is 0 Å². The monoisotopic (exact) mass is 209 g/mol. The van der Waals surface area contributed by atoms with E-state index in [0.717, 1.165) is 5.56 Å². The molecule has 0 saturated carbocycles. The summed E-state index contributed by atoms with van der Waals surface area (Å²) < 4.78 is 0. The van der Waals surface area contributed by atoms with Crippen molar-refractivity contribution < 1.29 is 15.2 Å². The molecule has 0 aliphatic heterocycles. The molecule has 0 amide bonds. The van der Waals surface area contributed by atoms with Gasteiger partial charge < -0.3 is 10.0 Å². The van der Waals surface area contributed by atoms with Gasteiger partial charge >= 0.3 is 0 Å². The van der Waals surface area contributed by atoms with E-state index >= 15 is 0 Å². The lowest BCUT2D eigenvalue weighted by Gasteiger charge is -2.20. The molecule has 0 spiro atoms. The number of rotatable bonds is 5. The molecule has 0 aliphatic carbocycles. The van der Waals surface area contributed by atoms with Crippen molar-refractivity contribution in [2.75, 3.05) is 6.54 Å². The zero-order valence-corrected chi connectivity index (χ0v) is 8.64. The van der Waals surface area contributed by atoms with Gasteiger partial charge in [0.1, 0.15) is 12.3 Å². The minimum Gasteiger partial charge on any atom is -0.600 e. The van der Waals surface area contributed by atoms with Crippen molar-refractivity contribution in [3.63, 3.8) is 0 Å². The quantitative estimate of drug-likeness (QED) is 0.695. The van der Waals surface area contributed by atoms with Crippen LogP contribution in [0.5, 0.6) is 0 Å². The molecule has 0 fully saturated rings. The first-order chi connectivity index (χ1) is 7.09. The Balaban J connectivity index is 2.76. The molecule has 0 aliphatic rings. The number of hydrogen-bond acceptors (Lipinski definition) is 3. The first-order valence-electron chi connectivity index (χ1n) is 4.85. The number of ketones is 1. The summed E-state index contributed by atoms with van der Waals surface area (Å²) in [5.74, 6) is -0.189. The van der Waals surface area contributed by atoms with Gasteiger partial charge in [0, 0.05) is 12.3 Å². The third-order valence-corrected chi connectivity index (χ3v) is 2.23. The van der Waals surface area contributed by atoms with Gasteiger partial charge in [-0.3, -0.25) is 0 Å². The van der Waals surface area contributed by atoms with Crippen LogP contribution in [0.15, 0.2) is 30.3 Å². The van der Waals surface area contributed by atoms with Crippen molar-refractivity contribution in [2.24, 2.45) is 0 Å². The van der Waals surface area contributed by atoms with Crippen LogP contribution in [-0.2, 0) is 4.79 Å². The van der Waals surface area contributed by atoms with Crippen LogP contribution in [0.25, 0.3) is 0 Å². The van der Waals surface area contributed by atoms with Crippen LogP contribution in [0.2, 0.25) is 0 Å². The average Bonchev–Trinajstić information content (AvgIpc) is 2.17. The standard InChI is InChI=1S/C11H15NO3/c1-9(13)7-11(8-12(14)15)10-5-3-2-4-6-10/h2-6,11-12,14H,7-8H2,1H3. The van der Waals surface area contributed by atoms with E-state index in [-0.39, 0.29) is 24.7 Å². The molecule has 0 aromatic heterocycles. The number of hydrogen-bond donors (Lipinski definition) is 2. The molecule has 1 aromatic carbocycles. The van der Waals surface area contributed by atoms with Gasteiger partial charge in [-0.25, -0.2) is 10.4 Å². The maximum Gasteiger partial charge on any atom is 0.130 e. The number of carbonyl (C=O) groups excluding carboxylic acids is 1. The first kappa shape index (κ1) is 11.8. The highest BCUT2D eigenvalue weighted by molar-refractivity contribution is 5.76. The van der Waals surface area contributed by atoms with Gasteiger partial charge in [0.15, 0.2) is 0 Å². The molecular weight excluding hydrogens is 194 g/mol. The van der Waals surface area contributed by atoms with E-state index in [1.54, 1.807) is 0 Å². The Hall–Kier alpha value is -1.23. The fourth-order valence-corrected chi connectivity index (χ4v) is 1.59. The lowest BCUT2D eigenvalue weighted by molar-refractivity contribution is -1.05. The summed E-state index contributed by atoms with van der Waals surface area (Å²) in [5.41, 5.74) is 0.912. The van der Waals surface area contributed by atoms with Crippen molar-refractivity contribution in [3.8, 4) is 0 Å². The fourth-order valence-electron chi connectivity index (χ4n) is 1.59. The number of Topliss-reactive ketones (excluding diaryl/α,β-unsaturated/α-hetero) is 1. The van der Waals surface area contributed by atoms with Crippen LogP contribution >= 0.6 is 0 Å². The average molecular weight is 209 g/mol. The molecule has 1 rings (SSSR count). The highest BCUT2D eigenvalue weighted by atomic mass is 16.8. The number of benzene rings is 1. The highest BCUT2D eigenvalue weighted by Gasteiger charge is 2.16. The van der Waals surface area contributed by atoms with E-state index in [4.69, 9.17) is 5.21 Å². The molecule has 2 atom stereocenters. The van der Waals surface area contributed by atoms with E-state index in [1.165, 1.54) is 6.92 Å². The van der Waals surface area contributed by atoms with Crippen LogP contribution in [0.4, 0.5) is 0 Å². The minimum absolute atomic E-state index is 0.00356. The zero-order valence-electron chi connectivity index (χ0n) is 8.64. The Morgan fingerprint density at radius 1 is 1.47 bits per heavy atom. The number of quaternary nitrogens is 1. The molecule has 4 heteroatoms. The second-order valence-corrected chi connectivity index (χ2v) is 3.61. The lowest BCUT2D eigenvalue weighted by Crippen LogP contribution is -3.05. The maximum atomic E-state index is 11.0. The molecule has 0 radical (unpaired) electrons. The van der Waals surface area contributed by atoms with Gasteiger partial charge in [-0.1, -0.05) is 30.3 Å². The first-order valence-corrected chi connectivity index (χ1v) is 4.85. The zero-order chi connectivity index (χ0) is 11.3. The predicted octanol–water partition coefficient (Wildman–Crippen LogP) is 0.521. The Labute approximate surface area is 88.7 Å². The van der Waals surface area contributed by atoms with E-state index in [9.17, 15) is 10.0 Å². The smallest absolute Gasteiger partial charge is 0.130 e. The Bertz CT molecular complexity index is 311. The van der Waals surface area contributed by atoms with Crippen LogP contribution < -0.4 is 5.23 Å². The second-order valence-electron chi connectivity index (χ2n) is 3.61. The van der Waals surface area contributed by atoms with Gasteiger partial charge in [-0.15, -0.1) is 0 Å². The maximum absolute atomic E-state index is 11.0. The van der Waals surface area contributed by atoms with Crippen molar-refractivity contribution >= 4 is 5.78 Å². The summed E-state index contributed by atoms with van der Waals surface area (Å²) in [6.45, 7) is 1.49. The van der Waals surface area contributed by atoms with Crippen molar-refractivity contribution in [2.45, 2.75) is 19.3 Å². The third kappa shape index (κ3) is 4.20. The van der Waals surface area contributed by atoms with Gasteiger partial charge in [0.05, 0.1) is 0 Å². The largest absolute Gasteiger partial charge is 0.600 e. The van der Waals surface area contributed by atoms with E-state index in [2.05, 4.69) is 0 Å². The Kier molecular flexibility index (Phi) is 4.42. The Morgan fingerprint density at radius 2 is 2.07 bits per heavy atom. The van der Waals surface area contributed by atoms with E-state index in [0.29, 0.717) is 0 Å². The molecule has 2 N–H and O–H groups in total. The lowest BCUT2D eigenvalue weighted by atomic mass is 9.94. The molecule has 0 bridgehead atoms. The topological polar surface area (TPSA) is 64.8 Å². The molecule has 15 heavy (non-hydrogen) atoms. The van der Waals surface area contributed by atoms with E-state index < -0.39 is 5.23 Å². The summed E-state index contributed by atoms with van der Waals surface area (Å²) in [6, 6.07) is 9.29. The van der Waals surface area contributed by atoms with Crippen LogP contribution in [0.3, 0.4) is 0 Å². The number of carbonyl (C=O) groups is 1. The summed E-state index contributed by atoms with van der Waals surface area (Å²) in [5, 5.41) is 18.5. The van der Waals surface area contributed by atoms with Gasteiger partial charge in [-0.05, 0) is 12.5 Å². The van der Waals surface area contributed by atoms with Crippen LogP contribution in [0.1, 0.15) is 24.8 Å². The molecular formula is C11H15NO3. The number of nitrogens with one attached hydrogen (secondary N) is 1. The molecule has 2 unspecified atom stereocenters. The third-order valence-electron chi connectivity index (χ3n) is 2.23. The molecule has 0 heterocycles. The summed E-state index contributed by atoms with van der Waals surface area (Å²) >= 11 is 0. The molecule has 0 saturated heterocycles. The predicted molar refractivity (Wildman–Crippen MR) is 55.5 cm³/mol. The molecule has 82 valence electrons. The summed E-state index contributed by atoms with van der Waals surface area (Å²) in [4.78, 5) is 11.0. The SMILES string of the molecule is CC(=O)CC(C[NH+]([O-])O)c1ccccc1. The van der Waals surface area contributed by atoms with Gasteiger partial charge in [0.2, 0.25) is 0 Å². The normalized spacial score (nSPS) is 14.6. The highest BCUT2D eigenvalue weighted by Crippen LogP contribution is 2.17. The van der Waals surface area contributed by atoms with Crippen molar-refractivity contribution in [3.05, 3.63) is 41.1 Å². The fraction of sp³-hybridized carbons (Fsp3) is 0.364. The van der Waals surface area contributed by atoms with Gasteiger partial charge in [-0.2, -0.15) is 0 Å². The van der Waals surface area contributed by atoms with Gasteiger partial charge in [0.25, 0.3) is 0 Å². The molecule has 1 aromatic rings.